The smallest absolute Gasteiger partial charge is 0.104 e. The predicted molar refractivity (Wildman–Crippen MR) is 64.9 cm³/mol. The highest BCUT2D eigenvalue weighted by Crippen LogP contribution is 2.08. The maximum Gasteiger partial charge on any atom is 0.104 e. The van der Waals surface area contributed by atoms with Gasteiger partial charge in [0, 0.05) is 5.56 Å². The van der Waals surface area contributed by atoms with Gasteiger partial charge in [-0.25, -0.2) is 0 Å². The van der Waals surface area contributed by atoms with Gasteiger partial charge in [0.15, 0.2) is 0 Å². The van der Waals surface area contributed by atoms with Crippen LogP contribution in [0.15, 0.2) is 24.3 Å². The molecule has 0 aliphatic carbocycles. The minimum Gasteiger partial charge on any atom is -0.384 e. The van der Waals surface area contributed by atoms with Crippen molar-refractivity contribution in [3.63, 3.8) is 0 Å². The van der Waals surface area contributed by atoms with Gasteiger partial charge in [-0.2, -0.15) is 0 Å². The van der Waals surface area contributed by atoms with E-state index in [1.807, 2.05) is 24.3 Å². The van der Waals surface area contributed by atoms with E-state index in [9.17, 15) is 0 Å². The average Bonchev–Trinajstić information content (AvgIpc) is 2.34. The average molecular weight is 218 g/mol. The van der Waals surface area contributed by atoms with Crippen LogP contribution < -0.4 is 0 Å². The quantitative estimate of drug-likeness (QED) is 0.786. The van der Waals surface area contributed by atoms with Crippen molar-refractivity contribution in [2.45, 2.75) is 33.0 Å². The van der Waals surface area contributed by atoms with E-state index in [1.165, 1.54) is 0 Å². The van der Waals surface area contributed by atoms with Crippen LogP contribution in [0.25, 0.3) is 0 Å². The Balaban J connectivity index is 2.60. The molecule has 0 saturated carbocycles. The van der Waals surface area contributed by atoms with Crippen LogP contribution in [-0.2, 0) is 11.3 Å². The molecule has 0 heterocycles. The van der Waals surface area contributed by atoms with Crippen LogP contribution in [0, 0.1) is 11.8 Å². The van der Waals surface area contributed by atoms with Crippen LogP contribution >= 0.6 is 0 Å². The summed E-state index contributed by atoms with van der Waals surface area (Å²) in [5, 5.41) is 8.61. The highest BCUT2D eigenvalue weighted by molar-refractivity contribution is 5.36. The van der Waals surface area contributed by atoms with Crippen LogP contribution in [0.5, 0.6) is 0 Å². The Morgan fingerprint density at radius 3 is 2.94 bits per heavy atom. The third-order valence-corrected chi connectivity index (χ3v) is 2.35. The lowest BCUT2D eigenvalue weighted by molar-refractivity contribution is 0.0508. The zero-order chi connectivity index (χ0) is 11.8. The summed E-state index contributed by atoms with van der Waals surface area (Å²) in [5.41, 5.74) is 2.03. The zero-order valence-corrected chi connectivity index (χ0v) is 9.86. The largest absolute Gasteiger partial charge is 0.384 e. The summed E-state index contributed by atoms with van der Waals surface area (Å²) < 4.78 is 5.64. The monoisotopic (exact) mass is 218 g/mol. The topological polar surface area (TPSA) is 29.5 Å². The van der Waals surface area contributed by atoms with E-state index in [-0.39, 0.29) is 12.7 Å². The van der Waals surface area contributed by atoms with Crippen LogP contribution in [-0.4, -0.2) is 17.8 Å². The first-order valence-electron chi connectivity index (χ1n) is 5.56. The number of aliphatic hydroxyl groups excluding tert-OH is 1. The summed E-state index contributed by atoms with van der Waals surface area (Å²) in [6.07, 6.45) is 1.30. The molecule has 0 amide bonds. The van der Waals surface area contributed by atoms with Gasteiger partial charge >= 0.3 is 0 Å². The molecule has 0 bridgehead atoms. The second-order valence-corrected chi connectivity index (χ2v) is 3.69. The molecule has 2 heteroatoms. The maximum absolute atomic E-state index is 8.61. The van der Waals surface area contributed by atoms with Gasteiger partial charge in [0.25, 0.3) is 0 Å². The lowest BCUT2D eigenvalue weighted by Crippen LogP contribution is -2.06. The van der Waals surface area contributed by atoms with Crippen molar-refractivity contribution in [2.24, 2.45) is 0 Å². The number of aliphatic hydroxyl groups is 1. The fourth-order valence-electron chi connectivity index (χ4n) is 1.24. The molecule has 1 aromatic carbocycles. The lowest BCUT2D eigenvalue weighted by atomic mass is 10.1. The first-order chi connectivity index (χ1) is 7.76. The fourth-order valence-corrected chi connectivity index (χ4v) is 1.24. The zero-order valence-electron chi connectivity index (χ0n) is 9.86. The first kappa shape index (κ1) is 12.8. The fraction of sp³-hybridized carbons (Fsp3) is 0.429. The van der Waals surface area contributed by atoms with E-state index in [0.717, 1.165) is 17.5 Å². The summed E-state index contributed by atoms with van der Waals surface area (Å²) in [6, 6.07) is 7.89. The molecule has 0 spiro atoms. The van der Waals surface area contributed by atoms with Crippen molar-refractivity contribution >= 4 is 0 Å². The van der Waals surface area contributed by atoms with Gasteiger partial charge in [0.05, 0.1) is 12.7 Å². The molecule has 0 aliphatic heterocycles. The van der Waals surface area contributed by atoms with Crippen molar-refractivity contribution in [1.29, 1.82) is 0 Å². The van der Waals surface area contributed by atoms with Crippen molar-refractivity contribution in [3.05, 3.63) is 35.4 Å². The van der Waals surface area contributed by atoms with Gasteiger partial charge in [-0.05, 0) is 31.0 Å². The molecule has 1 N–H and O–H groups in total. The molecular weight excluding hydrogens is 200 g/mol. The molecule has 86 valence electrons. The Hall–Kier alpha value is -1.30. The number of benzene rings is 1. The number of hydrogen-bond acceptors (Lipinski definition) is 2. The molecule has 0 fully saturated rings. The number of ether oxygens (including phenoxy) is 1. The molecule has 1 unspecified atom stereocenters. The molecule has 0 aromatic heterocycles. The molecule has 0 aliphatic rings. The van der Waals surface area contributed by atoms with E-state index in [1.54, 1.807) is 0 Å². The highest BCUT2D eigenvalue weighted by atomic mass is 16.5. The minimum absolute atomic E-state index is 0.104. The minimum atomic E-state index is -0.104. The van der Waals surface area contributed by atoms with Crippen molar-refractivity contribution in [2.75, 3.05) is 6.61 Å². The molecule has 16 heavy (non-hydrogen) atoms. The van der Waals surface area contributed by atoms with E-state index < -0.39 is 0 Å². The second-order valence-electron chi connectivity index (χ2n) is 3.69. The lowest BCUT2D eigenvalue weighted by Gasteiger charge is -2.10. The van der Waals surface area contributed by atoms with Crippen LogP contribution in [0.1, 0.15) is 31.4 Å². The predicted octanol–water partition coefficient (Wildman–Crippen LogP) is 2.35. The molecule has 2 nitrogen and oxygen atoms in total. The summed E-state index contributed by atoms with van der Waals surface area (Å²) in [6.45, 7) is 4.68. The van der Waals surface area contributed by atoms with Crippen molar-refractivity contribution < 1.29 is 9.84 Å². The Labute approximate surface area is 97.3 Å². The van der Waals surface area contributed by atoms with E-state index in [4.69, 9.17) is 9.84 Å². The van der Waals surface area contributed by atoms with Gasteiger partial charge in [0.2, 0.25) is 0 Å². The van der Waals surface area contributed by atoms with E-state index in [0.29, 0.717) is 6.61 Å². The Bertz CT molecular complexity index is 374. The summed E-state index contributed by atoms with van der Waals surface area (Å²) in [5.74, 6) is 5.51. The number of rotatable bonds is 4. The maximum atomic E-state index is 8.61. The van der Waals surface area contributed by atoms with Crippen LogP contribution in [0.4, 0.5) is 0 Å². The third kappa shape index (κ3) is 4.48. The van der Waals surface area contributed by atoms with Crippen LogP contribution in [0.3, 0.4) is 0 Å². The summed E-state index contributed by atoms with van der Waals surface area (Å²) in [7, 11) is 0. The Morgan fingerprint density at radius 1 is 1.44 bits per heavy atom. The standard InChI is InChI=1S/C14H18O2/c1-3-12(2)16-11-14-7-4-6-13(10-14)8-5-9-15/h4,6-7,10,12,15H,3,9,11H2,1-2H3. The molecule has 0 saturated heterocycles. The van der Waals surface area contributed by atoms with Gasteiger partial charge in [-0.3, -0.25) is 0 Å². The molecular formula is C14H18O2. The van der Waals surface area contributed by atoms with Gasteiger partial charge in [-0.1, -0.05) is 30.9 Å². The highest BCUT2D eigenvalue weighted by Gasteiger charge is 1.99. The molecule has 0 radical (unpaired) electrons. The van der Waals surface area contributed by atoms with Gasteiger partial charge in [0.1, 0.15) is 6.61 Å². The normalized spacial score (nSPS) is 11.7. The first-order valence-corrected chi connectivity index (χ1v) is 5.56. The van der Waals surface area contributed by atoms with Gasteiger partial charge < -0.3 is 9.84 Å². The number of hydrogen-bond donors (Lipinski definition) is 1. The third-order valence-electron chi connectivity index (χ3n) is 2.35. The van der Waals surface area contributed by atoms with Crippen molar-refractivity contribution in [3.8, 4) is 11.8 Å². The SMILES string of the molecule is CCC(C)OCc1cccc(C#CCO)c1. The second kappa shape index (κ2) is 7.05. The Morgan fingerprint density at radius 2 is 2.25 bits per heavy atom. The summed E-state index contributed by atoms with van der Waals surface area (Å²) >= 11 is 0. The van der Waals surface area contributed by atoms with E-state index in [2.05, 4.69) is 25.7 Å². The molecule has 1 rings (SSSR count). The Kier molecular flexibility index (Phi) is 5.63. The van der Waals surface area contributed by atoms with E-state index >= 15 is 0 Å². The van der Waals surface area contributed by atoms with Crippen LogP contribution in [0.2, 0.25) is 0 Å². The van der Waals surface area contributed by atoms with Crippen molar-refractivity contribution in [1.82, 2.24) is 0 Å². The summed E-state index contributed by atoms with van der Waals surface area (Å²) in [4.78, 5) is 0. The molecule has 1 atom stereocenters. The van der Waals surface area contributed by atoms with Gasteiger partial charge in [-0.15, -0.1) is 0 Å². The molecule has 1 aromatic rings.